The molecule has 0 bridgehead atoms. The third kappa shape index (κ3) is 3.23. The standard InChI is InChI=1S/C15H29NO/c1-3-4-5-6-14-15(17-12-11-16-14)9-7-13(2)8-10-15/h13-14,16H,3-12H2,1-2H3. The summed E-state index contributed by atoms with van der Waals surface area (Å²) in [5.74, 6) is 0.905. The Bertz CT molecular complexity index is 221. The van der Waals surface area contributed by atoms with E-state index in [0.29, 0.717) is 6.04 Å². The molecular formula is C15H29NO. The number of hydrogen-bond donors (Lipinski definition) is 1. The monoisotopic (exact) mass is 239 g/mol. The molecule has 1 N–H and O–H groups in total. The van der Waals surface area contributed by atoms with Crippen LogP contribution in [0.2, 0.25) is 0 Å². The highest BCUT2D eigenvalue weighted by Gasteiger charge is 2.43. The van der Waals surface area contributed by atoms with Gasteiger partial charge in [-0.3, -0.25) is 0 Å². The Labute approximate surface area is 107 Å². The van der Waals surface area contributed by atoms with Crippen molar-refractivity contribution in [1.29, 1.82) is 0 Å². The quantitative estimate of drug-likeness (QED) is 0.758. The molecule has 2 rings (SSSR count). The van der Waals surface area contributed by atoms with E-state index in [0.717, 1.165) is 19.1 Å². The Morgan fingerprint density at radius 3 is 2.71 bits per heavy atom. The Balaban J connectivity index is 1.91. The van der Waals surface area contributed by atoms with Crippen LogP contribution in [0, 0.1) is 5.92 Å². The van der Waals surface area contributed by atoms with Crippen LogP contribution in [0.5, 0.6) is 0 Å². The molecule has 0 aromatic heterocycles. The third-order valence-electron chi connectivity index (χ3n) is 4.73. The van der Waals surface area contributed by atoms with Crippen molar-refractivity contribution in [2.24, 2.45) is 5.92 Å². The van der Waals surface area contributed by atoms with Crippen LogP contribution < -0.4 is 5.32 Å². The highest BCUT2D eigenvalue weighted by atomic mass is 16.5. The predicted octanol–water partition coefficient (Wildman–Crippen LogP) is 3.50. The topological polar surface area (TPSA) is 21.3 Å². The average Bonchev–Trinajstić information content (AvgIpc) is 2.36. The van der Waals surface area contributed by atoms with E-state index in [4.69, 9.17) is 4.74 Å². The summed E-state index contributed by atoms with van der Waals surface area (Å²) in [6.45, 7) is 6.63. The van der Waals surface area contributed by atoms with Crippen LogP contribution in [-0.4, -0.2) is 24.8 Å². The van der Waals surface area contributed by atoms with Crippen LogP contribution >= 0.6 is 0 Å². The van der Waals surface area contributed by atoms with Crippen molar-refractivity contribution < 1.29 is 4.74 Å². The van der Waals surface area contributed by atoms with Crippen molar-refractivity contribution in [1.82, 2.24) is 5.32 Å². The van der Waals surface area contributed by atoms with Gasteiger partial charge in [-0.15, -0.1) is 0 Å². The largest absolute Gasteiger partial charge is 0.372 e. The number of morpholine rings is 1. The van der Waals surface area contributed by atoms with Gasteiger partial charge in [0.25, 0.3) is 0 Å². The van der Waals surface area contributed by atoms with Gasteiger partial charge in [0.15, 0.2) is 0 Å². The molecule has 1 aliphatic heterocycles. The molecule has 1 saturated heterocycles. The molecule has 1 heterocycles. The molecule has 2 heteroatoms. The lowest BCUT2D eigenvalue weighted by atomic mass is 9.73. The van der Waals surface area contributed by atoms with E-state index >= 15 is 0 Å². The zero-order valence-electron chi connectivity index (χ0n) is 11.6. The summed E-state index contributed by atoms with van der Waals surface area (Å²) in [5, 5.41) is 3.73. The minimum Gasteiger partial charge on any atom is -0.372 e. The predicted molar refractivity (Wildman–Crippen MR) is 72.2 cm³/mol. The molecule has 2 nitrogen and oxygen atoms in total. The van der Waals surface area contributed by atoms with E-state index in [-0.39, 0.29) is 5.60 Å². The van der Waals surface area contributed by atoms with Gasteiger partial charge in [0.05, 0.1) is 12.2 Å². The second kappa shape index (κ2) is 6.19. The first-order valence-corrected chi connectivity index (χ1v) is 7.64. The number of rotatable bonds is 4. The normalized spacial score (nSPS) is 38.5. The lowest BCUT2D eigenvalue weighted by molar-refractivity contribution is -0.124. The summed E-state index contributed by atoms with van der Waals surface area (Å²) in [4.78, 5) is 0. The second-order valence-electron chi connectivity index (χ2n) is 6.10. The van der Waals surface area contributed by atoms with E-state index in [2.05, 4.69) is 19.2 Å². The molecule has 2 fully saturated rings. The van der Waals surface area contributed by atoms with Crippen molar-refractivity contribution in [2.75, 3.05) is 13.2 Å². The summed E-state index contributed by atoms with van der Waals surface area (Å²) in [5.41, 5.74) is 0.193. The van der Waals surface area contributed by atoms with E-state index < -0.39 is 0 Å². The molecule has 1 atom stereocenters. The Kier molecular flexibility index (Phi) is 4.87. The van der Waals surface area contributed by atoms with Crippen molar-refractivity contribution in [3.05, 3.63) is 0 Å². The third-order valence-corrected chi connectivity index (χ3v) is 4.73. The van der Waals surface area contributed by atoms with Gasteiger partial charge in [0, 0.05) is 12.6 Å². The van der Waals surface area contributed by atoms with Crippen LogP contribution in [0.1, 0.15) is 65.2 Å². The van der Waals surface area contributed by atoms with Crippen LogP contribution in [0.15, 0.2) is 0 Å². The van der Waals surface area contributed by atoms with E-state index in [1.807, 2.05) is 0 Å². The second-order valence-corrected chi connectivity index (χ2v) is 6.10. The van der Waals surface area contributed by atoms with Crippen LogP contribution in [0.25, 0.3) is 0 Å². The highest BCUT2D eigenvalue weighted by Crippen LogP contribution is 2.39. The van der Waals surface area contributed by atoms with Gasteiger partial charge in [-0.05, 0) is 38.0 Å². The number of nitrogens with one attached hydrogen (secondary N) is 1. The first-order chi connectivity index (χ1) is 8.27. The molecule has 17 heavy (non-hydrogen) atoms. The maximum Gasteiger partial charge on any atom is 0.0835 e. The first-order valence-electron chi connectivity index (χ1n) is 7.64. The minimum absolute atomic E-state index is 0.193. The molecule has 0 aromatic carbocycles. The maximum absolute atomic E-state index is 6.24. The molecule has 2 aliphatic rings. The van der Waals surface area contributed by atoms with Gasteiger partial charge in [0.2, 0.25) is 0 Å². The van der Waals surface area contributed by atoms with Crippen molar-refractivity contribution in [3.63, 3.8) is 0 Å². The summed E-state index contributed by atoms with van der Waals surface area (Å²) < 4.78 is 6.24. The van der Waals surface area contributed by atoms with E-state index in [1.165, 1.54) is 51.4 Å². The van der Waals surface area contributed by atoms with Gasteiger partial charge >= 0.3 is 0 Å². The van der Waals surface area contributed by atoms with Crippen LogP contribution in [0.4, 0.5) is 0 Å². The van der Waals surface area contributed by atoms with Crippen LogP contribution in [-0.2, 0) is 4.74 Å². The fourth-order valence-electron chi connectivity index (χ4n) is 3.48. The molecule has 1 saturated carbocycles. The molecule has 0 amide bonds. The fraction of sp³-hybridized carbons (Fsp3) is 1.00. The summed E-state index contributed by atoms with van der Waals surface area (Å²) in [6.07, 6.45) is 10.6. The van der Waals surface area contributed by atoms with Crippen molar-refractivity contribution in [2.45, 2.75) is 76.9 Å². The van der Waals surface area contributed by atoms with Crippen molar-refractivity contribution >= 4 is 0 Å². The van der Waals surface area contributed by atoms with Gasteiger partial charge in [-0.1, -0.05) is 33.1 Å². The average molecular weight is 239 g/mol. The molecule has 0 aromatic rings. The molecule has 100 valence electrons. The first kappa shape index (κ1) is 13.4. The van der Waals surface area contributed by atoms with E-state index in [1.54, 1.807) is 0 Å². The number of hydrogen-bond acceptors (Lipinski definition) is 2. The highest BCUT2D eigenvalue weighted by molar-refractivity contribution is 4.98. The summed E-state index contributed by atoms with van der Waals surface area (Å²) in [7, 11) is 0. The fourth-order valence-corrected chi connectivity index (χ4v) is 3.48. The van der Waals surface area contributed by atoms with Crippen molar-refractivity contribution in [3.8, 4) is 0 Å². The van der Waals surface area contributed by atoms with E-state index in [9.17, 15) is 0 Å². The summed E-state index contributed by atoms with van der Waals surface area (Å²) >= 11 is 0. The van der Waals surface area contributed by atoms with Gasteiger partial charge in [-0.25, -0.2) is 0 Å². The molecule has 1 unspecified atom stereocenters. The molecular weight excluding hydrogens is 210 g/mol. The smallest absolute Gasteiger partial charge is 0.0835 e. The lowest BCUT2D eigenvalue weighted by Crippen LogP contribution is -2.59. The summed E-state index contributed by atoms with van der Waals surface area (Å²) in [6, 6.07) is 0.621. The minimum atomic E-state index is 0.193. The lowest BCUT2D eigenvalue weighted by Gasteiger charge is -2.48. The Morgan fingerprint density at radius 1 is 1.24 bits per heavy atom. The maximum atomic E-state index is 6.24. The number of unbranched alkanes of at least 4 members (excludes halogenated alkanes) is 2. The molecule has 1 spiro atoms. The molecule has 0 radical (unpaired) electrons. The Morgan fingerprint density at radius 2 is 2.00 bits per heavy atom. The van der Waals surface area contributed by atoms with Gasteiger partial charge in [0.1, 0.15) is 0 Å². The SMILES string of the molecule is CCCCCC1NCCOC12CCC(C)CC2. The Hall–Kier alpha value is -0.0800. The van der Waals surface area contributed by atoms with Crippen LogP contribution in [0.3, 0.4) is 0 Å². The molecule has 1 aliphatic carbocycles. The van der Waals surface area contributed by atoms with Gasteiger partial charge < -0.3 is 10.1 Å². The number of ether oxygens (including phenoxy) is 1. The van der Waals surface area contributed by atoms with Gasteiger partial charge in [-0.2, -0.15) is 0 Å². The zero-order valence-corrected chi connectivity index (χ0v) is 11.6. The zero-order chi connectivity index (χ0) is 12.1.